The van der Waals surface area contributed by atoms with E-state index in [2.05, 4.69) is 52.8 Å². The van der Waals surface area contributed by atoms with Crippen LogP contribution in [0.3, 0.4) is 0 Å². The van der Waals surface area contributed by atoms with Crippen molar-refractivity contribution in [2.24, 2.45) is 16.5 Å². The fraction of sp³-hybridized carbons (Fsp3) is 0.515. The van der Waals surface area contributed by atoms with E-state index in [0.29, 0.717) is 62.7 Å². The molecule has 1 aliphatic heterocycles. The number of benzene rings is 3. The number of hydrogen-bond acceptors (Lipinski definition) is 21. The molecule has 0 aliphatic carbocycles. The maximum atomic E-state index is 14.6. The van der Waals surface area contributed by atoms with E-state index in [0.717, 1.165) is 24.0 Å². The number of amides is 6. The van der Waals surface area contributed by atoms with Crippen LogP contribution in [-0.2, 0) is 51.3 Å². The summed E-state index contributed by atoms with van der Waals surface area (Å²) in [5.74, 6) is -5.21. The Labute approximate surface area is 568 Å². The second-order valence-corrected chi connectivity index (χ2v) is 23.5. The summed E-state index contributed by atoms with van der Waals surface area (Å²) >= 11 is 0. The molecule has 4 atom stereocenters. The molecule has 6 amide bonds. The number of nitrogens with two attached hydrogens (primary N) is 2. The van der Waals surface area contributed by atoms with Crippen LogP contribution in [0.1, 0.15) is 80.9 Å². The monoisotopic (exact) mass is 1370 g/mol. The van der Waals surface area contributed by atoms with Gasteiger partial charge in [0.25, 0.3) is 10.9 Å². The van der Waals surface area contributed by atoms with Gasteiger partial charge >= 0.3 is 23.9 Å². The highest BCUT2D eigenvalue weighted by Crippen LogP contribution is 2.27. The van der Waals surface area contributed by atoms with E-state index in [-0.39, 0.29) is 166 Å². The number of carbonyl (C=O) groups excluding carboxylic acids is 6. The molecule has 0 aromatic heterocycles. The Hall–Kier alpha value is -9.60. The molecule has 32 nitrogen and oxygen atoms in total. The van der Waals surface area contributed by atoms with Gasteiger partial charge in [-0.05, 0) is 85.9 Å². The third kappa shape index (κ3) is 29.4. The van der Waals surface area contributed by atoms with Crippen LogP contribution >= 0.6 is 0 Å². The molecule has 1 saturated heterocycles. The average Bonchev–Trinajstić information content (AvgIpc) is 0.789. The molecule has 536 valence electrons. The van der Waals surface area contributed by atoms with Crippen LogP contribution in [0.4, 0.5) is 16.2 Å². The highest BCUT2D eigenvalue weighted by molar-refractivity contribution is 5.92. The normalized spacial score (nSPS) is 15.0. The molecule has 1 heterocycles. The summed E-state index contributed by atoms with van der Waals surface area (Å²) in [5, 5.41) is 64.1. The van der Waals surface area contributed by atoms with Crippen molar-refractivity contribution in [3.8, 4) is 11.5 Å². The lowest BCUT2D eigenvalue weighted by molar-refractivity contribution is -0.140. The number of urea groups is 1. The number of phenolic OH excluding ortho intramolecular Hbond substituents is 1. The second-order valence-electron chi connectivity index (χ2n) is 23.5. The molecule has 4 aromatic rings. The number of aromatic hydroxyl groups is 1. The second kappa shape index (κ2) is 43.5. The summed E-state index contributed by atoms with van der Waals surface area (Å²) in [6, 6.07) is 20.7. The van der Waals surface area contributed by atoms with Gasteiger partial charge in [-0.2, -0.15) is 4.99 Å². The number of ether oxygens (including phenoxy) is 1. The maximum absolute atomic E-state index is 14.6. The van der Waals surface area contributed by atoms with E-state index in [1.54, 1.807) is 56.9 Å². The Bertz CT molecular complexity index is 3270. The van der Waals surface area contributed by atoms with Crippen LogP contribution in [0.5, 0.6) is 11.5 Å². The maximum Gasteiger partial charge on any atom is 0.344 e. The average molecular weight is 1370 g/mol. The van der Waals surface area contributed by atoms with Crippen molar-refractivity contribution in [3.63, 3.8) is 0 Å². The zero-order valence-electron chi connectivity index (χ0n) is 55.5. The first-order valence-corrected chi connectivity index (χ1v) is 33.0. The van der Waals surface area contributed by atoms with Crippen LogP contribution < -0.4 is 74.9 Å². The van der Waals surface area contributed by atoms with E-state index in [1.165, 1.54) is 12.1 Å². The Morgan fingerprint density at radius 1 is 0.602 bits per heavy atom. The lowest BCUT2D eigenvalue weighted by atomic mass is 9.91. The van der Waals surface area contributed by atoms with Crippen molar-refractivity contribution in [2.75, 3.05) is 135 Å². The molecule has 1 aliphatic rings. The van der Waals surface area contributed by atoms with Gasteiger partial charge in [-0.1, -0.05) is 67.9 Å². The predicted octanol–water partition coefficient (Wildman–Crippen LogP) is -1.08. The number of nitrogens with zero attached hydrogens (tertiary/aromatic N) is 5. The van der Waals surface area contributed by atoms with E-state index in [9.17, 15) is 73.2 Å². The summed E-state index contributed by atoms with van der Waals surface area (Å²) in [5.41, 5.74) is 13.2. The van der Waals surface area contributed by atoms with Crippen molar-refractivity contribution < 1.29 is 68.3 Å². The number of hydrogen-bond donors (Lipinski definition) is 15. The highest BCUT2D eigenvalue weighted by Gasteiger charge is 2.30. The Morgan fingerprint density at radius 2 is 1.19 bits per heavy atom. The lowest BCUT2D eigenvalue weighted by Crippen LogP contribution is -2.60. The van der Waals surface area contributed by atoms with Gasteiger partial charge in [-0.25, -0.2) is 4.79 Å². The first-order chi connectivity index (χ1) is 47.2. The van der Waals surface area contributed by atoms with Crippen molar-refractivity contribution in [3.05, 3.63) is 116 Å². The number of aryl methyl sites for hydroxylation is 1. The zero-order chi connectivity index (χ0) is 71.2. The molecule has 32 heteroatoms. The van der Waals surface area contributed by atoms with Gasteiger partial charge in [-0.15, -0.1) is 0 Å². The summed E-state index contributed by atoms with van der Waals surface area (Å²) in [7, 11) is 0. The van der Waals surface area contributed by atoms with Gasteiger partial charge in [0.2, 0.25) is 23.6 Å². The molecule has 0 radical (unpaired) electrons. The van der Waals surface area contributed by atoms with Crippen LogP contribution in [-0.4, -0.2) is 243 Å². The van der Waals surface area contributed by atoms with E-state index in [4.69, 9.17) is 16.2 Å². The van der Waals surface area contributed by atoms with E-state index >= 15 is 0 Å². The number of unbranched alkanes of at least 4 members (excludes halogenated alkanes) is 2. The van der Waals surface area contributed by atoms with Crippen LogP contribution in [0.15, 0.2) is 93.4 Å². The molecule has 4 aromatic carbocycles. The highest BCUT2D eigenvalue weighted by atomic mass is 16.5. The number of aliphatic carboxylic acids is 3. The molecular weight excluding hydrogens is 1270 g/mol. The summed E-state index contributed by atoms with van der Waals surface area (Å²) in [4.78, 5) is 149. The van der Waals surface area contributed by atoms with Gasteiger partial charge < -0.3 is 84.0 Å². The SMILES string of the molecule is CCC(=O)NCCNC(=O)/N=C(/N)NCCC[C@@H](NC(=O)C(CCCCc1ccccc1)c1cccc(OCCCCNc2c(NCCNC(=O)[C@@H](CN)NC(C=O)N3CCN(CC(=O)O)CCN(CC(=O)O)CCN(CC(=O)O)CC3)c(=O)c2=O)c1)C(=O)NCc1ccc(O)cc1. The number of carboxylic acids is 3. The number of carbonyl (C=O) groups is 9. The van der Waals surface area contributed by atoms with Crippen molar-refractivity contribution in [1.82, 2.24) is 56.8 Å². The standard InChI is InChI=1S/C66H96N16O16/c1-2-54(85)69-25-28-74-66(97)78-65(68)73-24-11-18-51(63(95)75-40-46-19-21-48(84)22-20-46)77-62(94)50(17-7-6-14-45-12-4-3-5-13-45)47-15-10-16-49(38-47)98-37-9-8-23-70-58-59(61(93)60(58)92)71-26-27-72-64(96)52(39-67)76-53(44-83)82-35-33-80(42-56(88)89)31-29-79(41-55(86)87)30-32-81(34-36-82)43-57(90)91/h3-5,10,12-13,15-16,19-22,38,44,50-53,70-71,76,84H,2,6-9,11,14,17-18,23-37,39-43,67H2,1H3,(H,69,85)(H,72,96)(H,75,95)(H,77,94)(H,86,87)(H,88,89)(H,90,91)(H4,68,73,74,78,97)/t50?,51-,52-,53?/m1/s1. The topological polar surface area (TPSA) is 464 Å². The van der Waals surface area contributed by atoms with Gasteiger partial charge in [0.15, 0.2) is 12.2 Å². The minimum Gasteiger partial charge on any atom is -0.508 e. The number of anilines is 2. The number of carboxylic acid groups (broad SMARTS) is 3. The minimum atomic E-state index is -1.13. The number of aldehydes is 1. The number of guanidine groups is 1. The Balaban J connectivity index is 1.14. The Kier molecular flexibility index (Phi) is 35.1. The third-order valence-electron chi connectivity index (χ3n) is 16.1. The van der Waals surface area contributed by atoms with E-state index < -0.39 is 70.8 Å². The molecule has 5 rings (SSSR count). The van der Waals surface area contributed by atoms with Crippen molar-refractivity contribution in [2.45, 2.75) is 95.4 Å². The summed E-state index contributed by atoms with van der Waals surface area (Å²) < 4.78 is 6.18. The molecule has 0 saturated carbocycles. The van der Waals surface area contributed by atoms with Crippen LogP contribution in [0.2, 0.25) is 0 Å². The van der Waals surface area contributed by atoms with Crippen LogP contribution in [0, 0.1) is 0 Å². The fourth-order valence-corrected chi connectivity index (χ4v) is 10.7. The predicted molar refractivity (Wildman–Crippen MR) is 366 cm³/mol. The smallest absolute Gasteiger partial charge is 0.344 e. The molecule has 17 N–H and O–H groups in total. The molecule has 98 heavy (non-hydrogen) atoms. The molecule has 0 bridgehead atoms. The number of aliphatic imine (C=N–C) groups is 1. The Morgan fingerprint density at radius 3 is 1.80 bits per heavy atom. The van der Waals surface area contributed by atoms with E-state index in [1.807, 2.05) is 36.4 Å². The largest absolute Gasteiger partial charge is 0.508 e. The molecule has 1 fully saturated rings. The number of nitrogens with one attached hydrogen (secondary N) is 9. The quantitative estimate of drug-likeness (QED) is 0.00825. The third-order valence-corrected chi connectivity index (χ3v) is 16.1. The first-order valence-electron chi connectivity index (χ1n) is 33.0. The number of rotatable bonds is 42. The number of phenols is 1. The molecule has 2 unspecified atom stereocenters. The fourth-order valence-electron chi connectivity index (χ4n) is 10.7. The van der Waals surface area contributed by atoms with Gasteiger partial charge in [-0.3, -0.25) is 68.1 Å². The van der Waals surface area contributed by atoms with Crippen LogP contribution in [0.25, 0.3) is 0 Å². The first kappa shape index (κ1) is 79.1. The van der Waals surface area contributed by atoms with Gasteiger partial charge in [0, 0.05) is 111 Å². The molecular formula is C66H96N16O16. The minimum absolute atomic E-state index is 0.0222. The summed E-state index contributed by atoms with van der Waals surface area (Å²) in [6.45, 7) is 2.73. The van der Waals surface area contributed by atoms with Crippen molar-refractivity contribution >= 4 is 71.2 Å². The lowest BCUT2D eigenvalue weighted by Gasteiger charge is -2.36. The molecule has 0 spiro atoms. The zero-order valence-corrected chi connectivity index (χ0v) is 55.5. The van der Waals surface area contributed by atoms with Gasteiger partial charge in [0.05, 0.1) is 32.2 Å². The van der Waals surface area contributed by atoms with Gasteiger partial charge in [0.1, 0.15) is 41.1 Å². The summed E-state index contributed by atoms with van der Waals surface area (Å²) in [6.07, 6.45) is 3.96. The van der Waals surface area contributed by atoms with Crippen molar-refractivity contribution in [1.29, 1.82) is 0 Å².